The number of hydrogen-bond donors (Lipinski definition) is 2. The monoisotopic (exact) mass is 355 g/mol. The van der Waals surface area contributed by atoms with E-state index in [1.165, 1.54) is 17.7 Å². The van der Waals surface area contributed by atoms with Gasteiger partial charge in [0.1, 0.15) is 5.82 Å². The van der Waals surface area contributed by atoms with Crippen LogP contribution in [0.15, 0.2) is 54.6 Å². The van der Waals surface area contributed by atoms with Gasteiger partial charge in [-0.25, -0.2) is 9.18 Å². The van der Waals surface area contributed by atoms with Gasteiger partial charge in [-0.05, 0) is 42.5 Å². The summed E-state index contributed by atoms with van der Waals surface area (Å²) < 4.78 is 12.9. The number of likely N-dealkylation sites (tertiary alicyclic amines) is 1. The maximum absolute atomic E-state index is 12.9. The molecule has 2 aromatic rings. The molecule has 3 rings (SSSR count). The standard InChI is InChI=1S/C21H26FN3O/c22-19-8-6-17(7-9-19)10-13-23-21(26)24-20-11-14-25(15-12-20)16-18-4-2-1-3-5-18/h1-9,20H,10-16H2,(H2,23,24,26). The molecule has 0 saturated carbocycles. The van der Waals surface area contributed by atoms with Gasteiger partial charge in [-0.3, -0.25) is 4.90 Å². The van der Waals surface area contributed by atoms with E-state index in [-0.39, 0.29) is 17.9 Å². The lowest BCUT2D eigenvalue weighted by molar-refractivity contribution is 0.186. The summed E-state index contributed by atoms with van der Waals surface area (Å²) in [6.45, 7) is 3.51. The normalized spacial score (nSPS) is 15.6. The van der Waals surface area contributed by atoms with Crippen LogP contribution in [0.3, 0.4) is 0 Å². The molecule has 2 amide bonds. The lowest BCUT2D eigenvalue weighted by Crippen LogP contribution is -2.48. The minimum absolute atomic E-state index is 0.117. The molecule has 0 aromatic heterocycles. The zero-order chi connectivity index (χ0) is 18.2. The molecule has 2 aromatic carbocycles. The molecule has 1 heterocycles. The first-order valence-electron chi connectivity index (χ1n) is 9.24. The van der Waals surface area contributed by atoms with Crippen LogP contribution in [0.2, 0.25) is 0 Å². The summed E-state index contributed by atoms with van der Waals surface area (Å²) in [5.74, 6) is -0.238. The molecule has 1 aliphatic rings. The van der Waals surface area contributed by atoms with Crippen LogP contribution in [0, 0.1) is 5.82 Å². The van der Waals surface area contributed by atoms with Crippen molar-refractivity contribution in [1.29, 1.82) is 0 Å². The third-order valence-electron chi connectivity index (χ3n) is 4.78. The number of hydrogen-bond acceptors (Lipinski definition) is 2. The molecule has 0 spiro atoms. The van der Waals surface area contributed by atoms with Crippen LogP contribution in [-0.4, -0.2) is 36.6 Å². The van der Waals surface area contributed by atoms with Crippen molar-refractivity contribution in [2.45, 2.75) is 31.8 Å². The minimum atomic E-state index is -0.238. The maximum atomic E-state index is 12.9. The first-order chi connectivity index (χ1) is 12.7. The van der Waals surface area contributed by atoms with Crippen LogP contribution in [0.25, 0.3) is 0 Å². The van der Waals surface area contributed by atoms with Gasteiger partial charge in [0.25, 0.3) is 0 Å². The first-order valence-corrected chi connectivity index (χ1v) is 9.24. The van der Waals surface area contributed by atoms with Crippen molar-refractivity contribution < 1.29 is 9.18 Å². The van der Waals surface area contributed by atoms with Gasteiger partial charge in [-0.2, -0.15) is 0 Å². The van der Waals surface area contributed by atoms with Gasteiger partial charge in [0.2, 0.25) is 0 Å². The van der Waals surface area contributed by atoms with Crippen molar-refractivity contribution in [3.63, 3.8) is 0 Å². The smallest absolute Gasteiger partial charge is 0.315 e. The van der Waals surface area contributed by atoms with E-state index in [2.05, 4.69) is 39.8 Å². The highest BCUT2D eigenvalue weighted by atomic mass is 19.1. The zero-order valence-electron chi connectivity index (χ0n) is 15.0. The Labute approximate surface area is 154 Å². The predicted molar refractivity (Wildman–Crippen MR) is 101 cm³/mol. The third-order valence-corrected chi connectivity index (χ3v) is 4.78. The Balaban J connectivity index is 1.32. The lowest BCUT2D eigenvalue weighted by Gasteiger charge is -2.32. The van der Waals surface area contributed by atoms with Crippen molar-refractivity contribution in [1.82, 2.24) is 15.5 Å². The van der Waals surface area contributed by atoms with Crippen molar-refractivity contribution in [3.8, 4) is 0 Å². The number of benzene rings is 2. The molecule has 1 saturated heterocycles. The number of piperidine rings is 1. The second-order valence-electron chi connectivity index (χ2n) is 6.81. The number of nitrogens with one attached hydrogen (secondary N) is 2. The fraction of sp³-hybridized carbons (Fsp3) is 0.381. The second kappa shape index (κ2) is 9.34. The Kier molecular flexibility index (Phi) is 6.61. The summed E-state index contributed by atoms with van der Waals surface area (Å²) >= 11 is 0. The molecule has 0 unspecified atom stereocenters. The van der Waals surface area contributed by atoms with Crippen molar-refractivity contribution in [2.75, 3.05) is 19.6 Å². The largest absolute Gasteiger partial charge is 0.338 e. The van der Waals surface area contributed by atoms with E-state index in [0.717, 1.165) is 38.0 Å². The van der Waals surface area contributed by atoms with Crippen LogP contribution >= 0.6 is 0 Å². The summed E-state index contributed by atoms with van der Waals surface area (Å²) in [4.78, 5) is 14.5. The van der Waals surface area contributed by atoms with Gasteiger partial charge < -0.3 is 10.6 Å². The second-order valence-corrected chi connectivity index (χ2v) is 6.81. The molecule has 138 valence electrons. The van der Waals surface area contributed by atoms with Crippen molar-refractivity contribution >= 4 is 6.03 Å². The molecular formula is C21H26FN3O. The number of urea groups is 1. The predicted octanol–water partition coefficient (Wildman–Crippen LogP) is 3.33. The van der Waals surface area contributed by atoms with E-state index >= 15 is 0 Å². The summed E-state index contributed by atoms with van der Waals surface area (Å²) in [5.41, 5.74) is 2.35. The molecule has 0 radical (unpaired) electrons. The summed E-state index contributed by atoms with van der Waals surface area (Å²) in [6, 6.07) is 17.0. The van der Waals surface area contributed by atoms with E-state index in [4.69, 9.17) is 0 Å². The summed E-state index contributed by atoms with van der Waals surface area (Å²) in [6.07, 6.45) is 2.64. The summed E-state index contributed by atoms with van der Waals surface area (Å²) in [7, 11) is 0. The Morgan fingerprint density at radius 2 is 1.69 bits per heavy atom. The highest BCUT2D eigenvalue weighted by Gasteiger charge is 2.20. The third kappa shape index (κ3) is 5.85. The fourth-order valence-corrected chi connectivity index (χ4v) is 3.28. The minimum Gasteiger partial charge on any atom is -0.338 e. The van der Waals surface area contributed by atoms with Crippen molar-refractivity contribution in [2.24, 2.45) is 0 Å². The molecule has 5 heteroatoms. The number of carbonyl (C=O) groups is 1. The highest BCUT2D eigenvalue weighted by molar-refractivity contribution is 5.74. The van der Waals surface area contributed by atoms with E-state index in [0.29, 0.717) is 13.0 Å². The highest BCUT2D eigenvalue weighted by Crippen LogP contribution is 2.13. The first kappa shape index (κ1) is 18.4. The van der Waals surface area contributed by atoms with Gasteiger partial charge in [-0.15, -0.1) is 0 Å². The van der Waals surface area contributed by atoms with E-state index in [1.807, 2.05) is 6.07 Å². The zero-order valence-corrected chi connectivity index (χ0v) is 15.0. The van der Waals surface area contributed by atoms with Gasteiger partial charge in [0, 0.05) is 32.2 Å². The van der Waals surface area contributed by atoms with Gasteiger partial charge in [-0.1, -0.05) is 42.5 Å². The Morgan fingerprint density at radius 3 is 2.38 bits per heavy atom. The van der Waals surface area contributed by atoms with E-state index in [1.54, 1.807) is 12.1 Å². The van der Waals surface area contributed by atoms with Crippen molar-refractivity contribution in [3.05, 3.63) is 71.5 Å². The molecule has 2 N–H and O–H groups in total. The molecule has 1 aliphatic heterocycles. The fourth-order valence-electron chi connectivity index (χ4n) is 3.28. The SMILES string of the molecule is O=C(NCCc1ccc(F)cc1)NC1CCN(Cc2ccccc2)CC1. The van der Waals surface area contributed by atoms with Crippen LogP contribution in [0.1, 0.15) is 24.0 Å². The molecule has 0 bridgehead atoms. The van der Waals surface area contributed by atoms with Crippen LogP contribution in [-0.2, 0) is 13.0 Å². The Hall–Kier alpha value is -2.40. The van der Waals surface area contributed by atoms with Gasteiger partial charge in [0.05, 0.1) is 0 Å². The lowest BCUT2D eigenvalue weighted by atomic mass is 10.0. The van der Waals surface area contributed by atoms with Gasteiger partial charge >= 0.3 is 6.03 Å². The Morgan fingerprint density at radius 1 is 1.00 bits per heavy atom. The average molecular weight is 355 g/mol. The number of carbonyl (C=O) groups excluding carboxylic acids is 1. The quantitative estimate of drug-likeness (QED) is 0.835. The summed E-state index contributed by atoms with van der Waals surface area (Å²) in [5, 5.41) is 5.95. The van der Waals surface area contributed by atoms with Crippen LogP contribution in [0.4, 0.5) is 9.18 Å². The molecular weight excluding hydrogens is 329 g/mol. The van der Waals surface area contributed by atoms with Crippen LogP contribution in [0.5, 0.6) is 0 Å². The molecule has 1 fully saturated rings. The number of halogens is 1. The molecule has 0 atom stereocenters. The molecule has 0 aliphatic carbocycles. The van der Waals surface area contributed by atoms with E-state index < -0.39 is 0 Å². The number of nitrogens with zero attached hydrogens (tertiary/aromatic N) is 1. The topological polar surface area (TPSA) is 44.4 Å². The van der Waals surface area contributed by atoms with E-state index in [9.17, 15) is 9.18 Å². The van der Waals surface area contributed by atoms with Gasteiger partial charge in [0.15, 0.2) is 0 Å². The average Bonchev–Trinajstić information content (AvgIpc) is 2.66. The number of rotatable bonds is 6. The molecule has 26 heavy (non-hydrogen) atoms. The number of amides is 2. The molecule has 4 nitrogen and oxygen atoms in total. The maximum Gasteiger partial charge on any atom is 0.315 e. The van der Waals surface area contributed by atoms with Crippen LogP contribution < -0.4 is 10.6 Å². The Bertz CT molecular complexity index is 682.